The number of nitrogens with two attached hydrogens (primary N) is 1. The molecule has 1 fully saturated rings. The van der Waals surface area contributed by atoms with Crippen LogP contribution in [-0.2, 0) is 21.4 Å². The molecule has 0 radical (unpaired) electrons. The lowest BCUT2D eigenvalue weighted by molar-refractivity contribution is -0.123. The third-order valence-electron chi connectivity index (χ3n) is 5.62. The van der Waals surface area contributed by atoms with Gasteiger partial charge in [-0.3, -0.25) is 13.9 Å². The molecule has 1 aliphatic heterocycles. The van der Waals surface area contributed by atoms with E-state index in [1.807, 2.05) is 0 Å². The molecule has 8 nitrogen and oxygen atoms in total. The number of benzene rings is 2. The summed E-state index contributed by atoms with van der Waals surface area (Å²) in [5, 5.41) is 0. The van der Waals surface area contributed by atoms with E-state index in [-0.39, 0.29) is 24.3 Å². The van der Waals surface area contributed by atoms with Crippen LogP contribution >= 0.6 is 0 Å². The molecule has 1 aliphatic rings. The molecule has 3 rings (SSSR count). The molecule has 2 aromatic rings. The van der Waals surface area contributed by atoms with Gasteiger partial charge in [0, 0.05) is 30.1 Å². The van der Waals surface area contributed by atoms with Crippen molar-refractivity contribution in [3.63, 3.8) is 0 Å². The summed E-state index contributed by atoms with van der Waals surface area (Å²) in [6.45, 7) is 2.90. The second kappa shape index (κ2) is 10.2. The summed E-state index contributed by atoms with van der Waals surface area (Å²) in [7, 11) is -3.71. The normalized spacial score (nSPS) is 14.7. The van der Waals surface area contributed by atoms with Crippen molar-refractivity contribution in [3.05, 3.63) is 59.4 Å². The van der Waals surface area contributed by atoms with E-state index < -0.39 is 15.8 Å². The largest absolute Gasteiger partial charge is 0.494 e. The first kappa shape index (κ1) is 24.5. The zero-order valence-corrected chi connectivity index (χ0v) is 19.5. The van der Waals surface area contributed by atoms with Gasteiger partial charge in [0.15, 0.2) is 0 Å². The zero-order chi connectivity index (χ0) is 24.2. The molecule has 10 heteroatoms. The third-order valence-corrected chi connectivity index (χ3v) is 6.76. The SMILES string of the molecule is CCOc1ccc(C(=O)N2CCC(C(N)=O)CC2)cc1CN(c1ccc(F)cc1)S(C)(=O)=O. The Kier molecular flexibility index (Phi) is 7.57. The van der Waals surface area contributed by atoms with Crippen LogP contribution in [-0.4, -0.2) is 51.1 Å². The van der Waals surface area contributed by atoms with Crippen LogP contribution in [0.25, 0.3) is 0 Å². The monoisotopic (exact) mass is 477 g/mol. The van der Waals surface area contributed by atoms with Crippen molar-refractivity contribution in [2.24, 2.45) is 11.7 Å². The molecule has 2 aromatic carbocycles. The molecule has 0 unspecified atom stereocenters. The van der Waals surface area contributed by atoms with Gasteiger partial charge in [-0.25, -0.2) is 12.8 Å². The first-order chi connectivity index (χ1) is 15.6. The number of halogens is 1. The number of amides is 2. The zero-order valence-electron chi connectivity index (χ0n) is 18.7. The lowest BCUT2D eigenvalue weighted by Crippen LogP contribution is -2.41. The fourth-order valence-electron chi connectivity index (χ4n) is 3.84. The highest BCUT2D eigenvalue weighted by Gasteiger charge is 2.27. The molecular weight excluding hydrogens is 449 g/mol. The van der Waals surface area contributed by atoms with Crippen LogP contribution in [0.4, 0.5) is 10.1 Å². The summed E-state index contributed by atoms with van der Waals surface area (Å²) in [5.41, 5.74) is 6.56. The number of rotatable bonds is 8. The highest BCUT2D eigenvalue weighted by Crippen LogP contribution is 2.28. The lowest BCUT2D eigenvalue weighted by Gasteiger charge is -2.31. The minimum atomic E-state index is -3.71. The van der Waals surface area contributed by atoms with Gasteiger partial charge in [-0.2, -0.15) is 0 Å². The van der Waals surface area contributed by atoms with E-state index in [1.54, 1.807) is 30.0 Å². The Morgan fingerprint density at radius 3 is 2.33 bits per heavy atom. The maximum absolute atomic E-state index is 13.4. The molecule has 2 amide bonds. The Bertz CT molecular complexity index is 1110. The fraction of sp³-hybridized carbons (Fsp3) is 0.391. The Hall–Kier alpha value is -3.14. The summed E-state index contributed by atoms with van der Waals surface area (Å²) >= 11 is 0. The van der Waals surface area contributed by atoms with Gasteiger partial charge in [-0.15, -0.1) is 0 Å². The first-order valence-corrected chi connectivity index (χ1v) is 12.5. The molecule has 2 N–H and O–H groups in total. The van der Waals surface area contributed by atoms with Crippen molar-refractivity contribution in [3.8, 4) is 5.75 Å². The molecule has 0 bridgehead atoms. The van der Waals surface area contributed by atoms with Crippen molar-refractivity contribution >= 4 is 27.5 Å². The molecule has 0 atom stereocenters. The minimum absolute atomic E-state index is 0.0926. The van der Waals surface area contributed by atoms with Crippen LogP contribution in [0.5, 0.6) is 5.75 Å². The van der Waals surface area contributed by atoms with E-state index in [2.05, 4.69) is 0 Å². The Balaban J connectivity index is 1.90. The average molecular weight is 478 g/mol. The van der Waals surface area contributed by atoms with E-state index in [0.29, 0.717) is 55.1 Å². The molecule has 0 aromatic heterocycles. The van der Waals surface area contributed by atoms with Gasteiger partial charge < -0.3 is 15.4 Å². The van der Waals surface area contributed by atoms with Crippen molar-refractivity contribution < 1.29 is 27.1 Å². The van der Waals surface area contributed by atoms with Gasteiger partial charge in [-0.1, -0.05) is 0 Å². The fourth-order valence-corrected chi connectivity index (χ4v) is 4.72. The van der Waals surface area contributed by atoms with Crippen molar-refractivity contribution in [1.82, 2.24) is 4.90 Å². The van der Waals surface area contributed by atoms with Gasteiger partial charge in [0.05, 0.1) is 25.1 Å². The number of hydrogen-bond acceptors (Lipinski definition) is 5. The maximum Gasteiger partial charge on any atom is 0.253 e. The average Bonchev–Trinajstić information content (AvgIpc) is 2.78. The second-order valence-electron chi connectivity index (χ2n) is 7.97. The summed E-state index contributed by atoms with van der Waals surface area (Å²) < 4.78 is 45.2. The predicted molar refractivity (Wildman–Crippen MR) is 123 cm³/mol. The quantitative estimate of drug-likeness (QED) is 0.628. The molecule has 178 valence electrons. The number of carbonyl (C=O) groups excluding carboxylic acids is 2. The number of sulfonamides is 1. The van der Waals surface area contributed by atoms with E-state index >= 15 is 0 Å². The highest BCUT2D eigenvalue weighted by atomic mass is 32.2. The first-order valence-electron chi connectivity index (χ1n) is 10.7. The molecule has 0 aliphatic carbocycles. The number of piperidine rings is 1. The number of likely N-dealkylation sites (tertiary alicyclic amines) is 1. The van der Waals surface area contributed by atoms with Gasteiger partial charge in [0.1, 0.15) is 11.6 Å². The van der Waals surface area contributed by atoms with Gasteiger partial charge in [0.2, 0.25) is 15.9 Å². The predicted octanol–water partition coefficient (Wildman–Crippen LogP) is 2.53. The smallest absolute Gasteiger partial charge is 0.253 e. The molecule has 33 heavy (non-hydrogen) atoms. The van der Waals surface area contributed by atoms with Crippen LogP contribution in [0.2, 0.25) is 0 Å². The summed E-state index contributed by atoms with van der Waals surface area (Å²) in [6, 6.07) is 10.0. The highest BCUT2D eigenvalue weighted by molar-refractivity contribution is 7.92. The third kappa shape index (κ3) is 6.01. The summed E-state index contributed by atoms with van der Waals surface area (Å²) in [4.78, 5) is 26.1. The second-order valence-corrected chi connectivity index (χ2v) is 9.88. The van der Waals surface area contributed by atoms with Crippen LogP contribution in [0.15, 0.2) is 42.5 Å². The van der Waals surface area contributed by atoms with Crippen LogP contribution in [0.3, 0.4) is 0 Å². The molecule has 1 saturated heterocycles. The van der Waals surface area contributed by atoms with Gasteiger partial charge >= 0.3 is 0 Å². The number of hydrogen-bond donors (Lipinski definition) is 1. The van der Waals surface area contributed by atoms with E-state index in [9.17, 15) is 22.4 Å². The van der Waals surface area contributed by atoms with Gasteiger partial charge in [0.25, 0.3) is 5.91 Å². The van der Waals surface area contributed by atoms with E-state index in [0.717, 1.165) is 10.6 Å². The topological polar surface area (TPSA) is 110 Å². The summed E-state index contributed by atoms with van der Waals surface area (Å²) in [5.74, 6) is -0.821. The molecule has 1 heterocycles. The Morgan fingerprint density at radius 2 is 1.79 bits per heavy atom. The van der Waals surface area contributed by atoms with Crippen molar-refractivity contribution in [2.45, 2.75) is 26.3 Å². The standard InChI is InChI=1S/C23H28FN3O5S/c1-3-32-21-9-4-17(23(29)26-12-10-16(11-13-26)22(25)28)14-18(21)15-27(33(2,30)31)20-7-5-19(24)6-8-20/h4-9,14,16H,3,10-13,15H2,1-2H3,(H2,25,28). The number of anilines is 1. The van der Waals surface area contributed by atoms with Crippen LogP contribution in [0, 0.1) is 11.7 Å². The molecular formula is C23H28FN3O5S. The number of nitrogens with zero attached hydrogens (tertiary/aromatic N) is 2. The lowest BCUT2D eigenvalue weighted by atomic mass is 9.95. The Labute approximate surface area is 193 Å². The number of primary amides is 1. The van der Waals surface area contributed by atoms with Gasteiger partial charge in [-0.05, 0) is 62.2 Å². The van der Waals surface area contributed by atoms with E-state index in [4.69, 9.17) is 10.5 Å². The molecule has 0 saturated carbocycles. The van der Waals surface area contributed by atoms with Crippen LogP contribution < -0.4 is 14.8 Å². The Morgan fingerprint density at radius 1 is 1.15 bits per heavy atom. The number of carbonyl (C=O) groups is 2. The van der Waals surface area contributed by atoms with Crippen LogP contribution in [0.1, 0.15) is 35.7 Å². The number of ether oxygens (including phenoxy) is 1. The van der Waals surface area contributed by atoms with E-state index in [1.165, 1.54) is 24.3 Å². The van der Waals surface area contributed by atoms with Crippen molar-refractivity contribution in [1.29, 1.82) is 0 Å². The van der Waals surface area contributed by atoms with Crippen molar-refractivity contribution in [2.75, 3.05) is 30.3 Å². The minimum Gasteiger partial charge on any atom is -0.494 e. The maximum atomic E-state index is 13.4. The summed E-state index contributed by atoms with van der Waals surface area (Å²) in [6.07, 6.45) is 2.09. The molecule has 0 spiro atoms.